The number of benzene rings is 2. The molecule has 0 bridgehead atoms. The summed E-state index contributed by atoms with van der Waals surface area (Å²) in [7, 11) is 1.64. The molecule has 2 aromatic heterocycles. The Hall–Kier alpha value is -3.49. The van der Waals surface area contributed by atoms with Gasteiger partial charge in [0.2, 0.25) is 5.91 Å². The number of aryl methyl sites for hydroxylation is 2. The molecule has 5 rings (SSSR count). The lowest BCUT2D eigenvalue weighted by Gasteiger charge is -2.27. The summed E-state index contributed by atoms with van der Waals surface area (Å²) in [6.45, 7) is 5.42. The first-order chi connectivity index (χ1) is 17.9. The van der Waals surface area contributed by atoms with Crippen LogP contribution in [0.15, 0.2) is 48.5 Å². The molecule has 1 atom stereocenters. The third-order valence-corrected chi connectivity index (χ3v) is 6.87. The first-order valence-electron chi connectivity index (χ1n) is 12.4. The molecule has 1 aliphatic heterocycles. The Morgan fingerprint density at radius 1 is 1.16 bits per heavy atom. The van der Waals surface area contributed by atoms with Crippen molar-refractivity contribution in [3.8, 4) is 17.0 Å². The first-order valence-corrected chi connectivity index (χ1v) is 12.8. The normalized spacial score (nSPS) is 15.3. The average Bonchev–Trinajstić information content (AvgIpc) is 3.52. The largest absolute Gasteiger partial charge is 0.497 e. The fourth-order valence-electron chi connectivity index (χ4n) is 4.74. The van der Waals surface area contributed by atoms with Crippen LogP contribution in [0.5, 0.6) is 5.75 Å². The third-order valence-electron chi connectivity index (χ3n) is 6.63. The SMILES string of the molecule is COc1ccc(-c2nc3cc(Cl)ccc3cc2CN(CC2CCCO2)C(=O)Cn2nc(C)nc2C)cc1. The van der Waals surface area contributed by atoms with E-state index in [1.807, 2.05) is 61.2 Å². The quantitative estimate of drug-likeness (QED) is 0.326. The molecule has 1 fully saturated rings. The third kappa shape index (κ3) is 5.76. The van der Waals surface area contributed by atoms with E-state index in [1.54, 1.807) is 11.8 Å². The number of hydrogen-bond donors (Lipinski definition) is 0. The summed E-state index contributed by atoms with van der Waals surface area (Å²) in [5.74, 6) is 2.09. The summed E-state index contributed by atoms with van der Waals surface area (Å²) >= 11 is 6.27. The van der Waals surface area contributed by atoms with Gasteiger partial charge in [-0.2, -0.15) is 5.10 Å². The van der Waals surface area contributed by atoms with Crippen LogP contribution < -0.4 is 4.74 Å². The van der Waals surface area contributed by atoms with Gasteiger partial charge in [0.25, 0.3) is 0 Å². The van der Waals surface area contributed by atoms with Crippen LogP contribution in [0.3, 0.4) is 0 Å². The molecule has 0 saturated carbocycles. The molecule has 8 nitrogen and oxygen atoms in total. The summed E-state index contributed by atoms with van der Waals surface area (Å²) in [6, 6.07) is 15.6. The zero-order chi connectivity index (χ0) is 25.9. The van der Waals surface area contributed by atoms with Crippen LogP contribution in [0, 0.1) is 13.8 Å². The molecular formula is C28H30ClN5O3. The fraction of sp³-hybridized carbons (Fsp3) is 0.357. The Kier molecular flexibility index (Phi) is 7.39. The Morgan fingerprint density at radius 2 is 1.97 bits per heavy atom. The number of fused-ring (bicyclic) bond motifs is 1. The Bertz CT molecular complexity index is 1410. The Labute approximate surface area is 221 Å². The van der Waals surface area contributed by atoms with Gasteiger partial charge >= 0.3 is 0 Å². The summed E-state index contributed by atoms with van der Waals surface area (Å²) in [5.41, 5.74) is 3.48. The van der Waals surface area contributed by atoms with E-state index >= 15 is 0 Å². The van der Waals surface area contributed by atoms with E-state index in [-0.39, 0.29) is 18.6 Å². The molecule has 1 saturated heterocycles. The smallest absolute Gasteiger partial charge is 0.244 e. The van der Waals surface area contributed by atoms with E-state index in [4.69, 9.17) is 26.1 Å². The molecule has 0 aliphatic carbocycles. The number of amides is 1. The molecule has 3 heterocycles. The summed E-state index contributed by atoms with van der Waals surface area (Å²) in [4.78, 5) is 24.8. The van der Waals surface area contributed by atoms with Gasteiger partial charge in [0, 0.05) is 35.7 Å². The van der Waals surface area contributed by atoms with Crippen molar-refractivity contribution in [2.24, 2.45) is 0 Å². The predicted molar refractivity (Wildman–Crippen MR) is 143 cm³/mol. The highest BCUT2D eigenvalue weighted by molar-refractivity contribution is 6.31. The molecule has 1 aliphatic rings. The summed E-state index contributed by atoms with van der Waals surface area (Å²) < 4.78 is 12.9. The van der Waals surface area contributed by atoms with Gasteiger partial charge in [-0.3, -0.25) is 4.79 Å². The van der Waals surface area contributed by atoms with E-state index in [0.717, 1.165) is 52.9 Å². The molecule has 37 heavy (non-hydrogen) atoms. The van der Waals surface area contributed by atoms with E-state index in [0.29, 0.717) is 29.8 Å². The molecule has 0 spiro atoms. The van der Waals surface area contributed by atoms with Crippen molar-refractivity contribution in [2.75, 3.05) is 20.3 Å². The van der Waals surface area contributed by atoms with Crippen LogP contribution in [0.25, 0.3) is 22.2 Å². The summed E-state index contributed by atoms with van der Waals surface area (Å²) in [5, 5.41) is 5.98. The standard InChI is InChI=1S/C28H30ClN5O3/c1-18-30-19(2)34(32-18)17-27(35)33(16-25-5-4-12-37-25)15-22-13-21-6-9-23(29)14-26(21)31-28(22)20-7-10-24(36-3)11-8-20/h6-11,13-14,25H,4-5,12,15-17H2,1-3H3. The monoisotopic (exact) mass is 519 g/mol. The Balaban J connectivity index is 1.53. The Morgan fingerprint density at radius 3 is 2.65 bits per heavy atom. The zero-order valence-electron chi connectivity index (χ0n) is 21.3. The molecule has 1 unspecified atom stereocenters. The number of hydrogen-bond acceptors (Lipinski definition) is 6. The lowest BCUT2D eigenvalue weighted by atomic mass is 10.0. The van der Waals surface area contributed by atoms with Gasteiger partial charge in [-0.05, 0) is 74.7 Å². The first kappa shape index (κ1) is 25.2. The van der Waals surface area contributed by atoms with Crippen molar-refractivity contribution >= 4 is 28.4 Å². The highest BCUT2D eigenvalue weighted by Gasteiger charge is 2.25. The van der Waals surface area contributed by atoms with Crippen LogP contribution in [-0.4, -0.2) is 56.9 Å². The number of aromatic nitrogens is 4. The molecule has 9 heteroatoms. The second-order valence-electron chi connectivity index (χ2n) is 9.33. The zero-order valence-corrected chi connectivity index (χ0v) is 22.0. The highest BCUT2D eigenvalue weighted by atomic mass is 35.5. The van der Waals surface area contributed by atoms with Crippen LogP contribution in [0.2, 0.25) is 5.02 Å². The number of methoxy groups -OCH3 is 1. The second-order valence-corrected chi connectivity index (χ2v) is 9.77. The van der Waals surface area contributed by atoms with E-state index in [2.05, 4.69) is 16.1 Å². The van der Waals surface area contributed by atoms with Crippen molar-refractivity contribution in [3.05, 3.63) is 70.8 Å². The van der Waals surface area contributed by atoms with E-state index in [9.17, 15) is 4.79 Å². The molecular weight excluding hydrogens is 490 g/mol. The van der Waals surface area contributed by atoms with Gasteiger partial charge in [0.15, 0.2) is 0 Å². The lowest BCUT2D eigenvalue weighted by Crippen LogP contribution is -2.39. The molecule has 2 aromatic carbocycles. The topological polar surface area (TPSA) is 82.4 Å². The van der Waals surface area contributed by atoms with Crippen LogP contribution in [0.1, 0.15) is 30.1 Å². The minimum Gasteiger partial charge on any atom is -0.497 e. The van der Waals surface area contributed by atoms with Gasteiger partial charge in [-0.25, -0.2) is 14.6 Å². The van der Waals surface area contributed by atoms with Crippen molar-refractivity contribution in [1.82, 2.24) is 24.6 Å². The molecule has 192 valence electrons. The number of ether oxygens (including phenoxy) is 2. The minimum absolute atomic E-state index is 0.0131. The second kappa shape index (κ2) is 10.9. The van der Waals surface area contributed by atoms with E-state index < -0.39 is 0 Å². The van der Waals surface area contributed by atoms with Crippen molar-refractivity contribution < 1.29 is 14.3 Å². The maximum absolute atomic E-state index is 13.6. The minimum atomic E-state index is -0.0413. The van der Waals surface area contributed by atoms with Crippen molar-refractivity contribution in [1.29, 1.82) is 0 Å². The highest BCUT2D eigenvalue weighted by Crippen LogP contribution is 2.30. The number of halogens is 1. The maximum atomic E-state index is 13.6. The van der Waals surface area contributed by atoms with Gasteiger partial charge in [0.1, 0.15) is 23.9 Å². The van der Waals surface area contributed by atoms with Gasteiger partial charge in [0.05, 0.1) is 24.4 Å². The van der Waals surface area contributed by atoms with Crippen LogP contribution >= 0.6 is 11.6 Å². The number of carbonyl (C=O) groups excluding carboxylic acids is 1. The fourth-order valence-corrected chi connectivity index (χ4v) is 4.90. The van der Waals surface area contributed by atoms with Gasteiger partial charge < -0.3 is 14.4 Å². The van der Waals surface area contributed by atoms with Crippen LogP contribution in [-0.2, 0) is 22.6 Å². The number of carbonyl (C=O) groups is 1. The van der Waals surface area contributed by atoms with Gasteiger partial charge in [-0.1, -0.05) is 17.7 Å². The number of pyridine rings is 1. The van der Waals surface area contributed by atoms with Crippen molar-refractivity contribution in [2.45, 2.75) is 45.9 Å². The number of nitrogens with zero attached hydrogens (tertiary/aromatic N) is 5. The molecule has 4 aromatic rings. The van der Waals surface area contributed by atoms with Crippen LogP contribution in [0.4, 0.5) is 0 Å². The maximum Gasteiger partial charge on any atom is 0.244 e. The average molecular weight is 520 g/mol. The molecule has 0 N–H and O–H groups in total. The number of rotatable bonds is 8. The molecule has 0 radical (unpaired) electrons. The predicted octanol–water partition coefficient (Wildman–Crippen LogP) is 4.98. The van der Waals surface area contributed by atoms with E-state index in [1.165, 1.54) is 0 Å². The summed E-state index contributed by atoms with van der Waals surface area (Å²) in [6.07, 6.45) is 1.95. The van der Waals surface area contributed by atoms with Crippen molar-refractivity contribution in [3.63, 3.8) is 0 Å². The van der Waals surface area contributed by atoms with Gasteiger partial charge in [-0.15, -0.1) is 0 Å². The molecule has 1 amide bonds. The lowest BCUT2D eigenvalue weighted by molar-refractivity contribution is -0.134.